The van der Waals surface area contributed by atoms with Crippen molar-refractivity contribution in [3.05, 3.63) is 12.2 Å². The third kappa shape index (κ3) is 18.0. The van der Waals surface area contributed by atoms with Gasteiger partial charge < -0.3 is 56.0 Å². The molecule has 0 aromatic carbocycles. The number of carbonyl (C=O) groups excluding carboxylic acids is 6. The molecule has 4 saturated heterocycles. The predicted octanol–water partition coefficient (Wildman–Crippen LogP) is -0.0552. The maximum absolute atomic E-state index is 12.6. The van der Waals surface area contributed by atoms with Gasteiger partial charge in [0.25, 0.3) is 0 Å². The number of phosphoric ester groups is 1. The summed E-state index contributed by atoms with van der Waals surface area (Å²) in [7, 11) is -16.9. The Balaban J connectivity index is 1.00. The van der Waals surface area contributed by atoms with Crippen molar-refractivity contribution in [1.82, 2.24) is 36.8 Å². The quantitative estimate of drug-likeness (QED) is 0.0234. The number of rotatable bonds is 26. The highest BCUT2D eigenvalue weighted by Crippen LogP contribution is 2.66. The number of ether oxygens (including phenoxy) is 1. The first kappa shape index (κ1) is 50.7. The zero-order chi connectivity index (χ0) is 44.8. The van der Waals surface area contributed by atoms with Crippen LogP contribution in [0.25, 0.3) is 0 Å². The molecule has 61 heavy (non-hydrogen) atoms. The molecule has 3 unspecified atom stereocenters. The fourth-order valence-electron chi connectivity index (χ4n) is 6.81. The van der Waals surface area contributed by atoms with Crippen molar-refractivity contribution in [3.8, 4) is 0 Å². The fourth-order valence-corrected chi connectivity index (χ4v) is 11.4. The van der Waals surface area contributed by atoms with Crippen molar-refractivity contribution >= 4 is 70.9 Å². The van der Waals surface area contributed by atoms with Crippen molar-refractivity contribution in [2.24, 2.45) is 5.92 Å². The molecule has 0 radical (unpaired) electrons. The van der Waals surface area contributed by atoms with Crippen molar-refractivity contribution in [2.75, 3.05) is 38.5 Å². The van der Waals surface area contributed by atoms with Gasteiger partial charge in [0.2, 0.25) is 23.6 Å². The van der Waals surface area contributed by atoms with E-state index in [4.69, 9.17) is 14.5 Å². The van der Waals surface area contributed by atoms with Crippen LogP contribution in [0.5, 0.6) is 0 Å². The van der Waals surface area contributed by atoms with Gasteiger partial charge >= 0.3 is 35.5 Å². The average molecular weight is 950 g/mol. The Morgan fingerprint density at radius 1 is 0.852 bits per heavy atom. The molecule has 25 nitrogen and oxygen atoms in total. The van der Waals surface area contributed by atoms with Crippen LogP contribution in [0.3, 0.4) is 0 Å². The molecule has 29 heteroatoms. The summed E-state index contributed by atoms with van der Waals surface area (Å²) in [6, 6.07) is -0.618. The molecular formula is C32H54N7O18P3S. The summed E-state index contributed by atoms with van der Waals surface area (Å²) in [6.45, 7) is -0.204. The number of phosphoric acid groups is 3. The van der Waals surface area contributed by atoms with E-state index in [1.54, 1.807) is 0 Å². The fraction of sp³-hybridized carbons (Fsp3) is 0.750. The second kappa shape index (κ2) is 23.6. The number of nitrogens with one attached hydrogen (secondary N) is 6. The third-order valence-corrected chi connectivity index (χ3v) is 15.1. The summed E-state index contributed by atoms with van der Waals surface area (Å²) in [5, 5.41) is 27.2. The Morgan fingerprint density at radius 3 is 2.21 bits per heavy atom. The lowest BCUT2D eigenvalue weighted by Gasteiger charge is -2.34. The smallest absolute Gasteiger partial charge is 0.390 e. The molecule has 0 aliphatic carbocycles. The van der Waals surface area contributed by atoms with Crippen molar-refractivity contribution in [3.63, 3.8) is 0 Å². The number of carbonyl (C=O) groups is 6. The van der Waals surface area contributed by atoms with Crippen LogP contribution in [0, 0.1) is 5.92 Å². The van der Waals surface area contributed by atoms with Gasteiger partial charge in [-0.05, 0) is 32.1 Å². The summed E-state index contributed by atoms with van der Waals surface area (Å²) >= 11 is 1.85. The SMILES string of the molecule is O=C(CCCCCNC(=O)CCCNC(=O)CCCC[C@@H]1SC[C@@H]2NC(=O)N[C@@H]21)NC/C=C/C1CN([C@H]2C[C@H](O)[C@@H](COP(=O)(O)OP(=O)(O)OP(=O)(O)O)O2)C(=O)NC1=O. The molecule has 4 aliphatic rings. The lowest BCUT2D eigenvalue weighted by Crippen LogP contribution is -2.57. The molecule has 0 aromatic heterocycles. The van der Waals surface area contributed by atoms with E-state index in [0.29, 0.717) is 50.4 Å². The predicted molar refractivity (Wildman–Crippen MR) is 213 cm³/mol. The molecular weight excluding hydrogens is 895 g/mol. The molecule has 4 fully saturated rings. The van der Waals surface area contributed by atoms with E-state index in [-0.39, 0.29) is 68.2 Å². The number of aliphatic hydroxyl groups is 1. The Bertz CT molecular complexity index is 1760. The van der Waals surface area contributed by atoms with E-state index in [2.05, 4.69) is 45.0 Å². The monoisotopic (exact) mass is 949 g/mol. The van der Waals surface area contributed by atoms with Crippen LogP contribution in [0.1, 0.15) is 70.6 Å². The molecule has 4 rings (SSSR count). The second-order valence-corrected chi connectivity index (χ2v) is 20.3. The Morgan fingerprint density at radius 2 is 1.51 bits per heavy atom. The normalized spacial score (nSPS) is 27.1. The van der Waals surface area contributed by atoms with Gasteiger partial charge in [-0.25, -0.2) is 23.3 Å². The first-order valence-electron chi connectivity index (χ1n) is 19.6. The molecule has 9 atom stereocenters. The number of urea groups is 2. The largest absolute Gasteiger partial charge is 0.490 e. The second-order valence-electron chi connectivity index (χ2n) is 14.6. The van der Waals surface area contributed by atoms with Crippen molar-refractivity contribution in [1.29, 1.82) is 0 Å². The molecule has 4 heterocycles. The highest BCUT2D eigenvalue weighted by atomic mass is 32.2. The van der Waals surface area contributed by atoms with Crippen molar-refractivity contribution < 1.29 is 85.0 Å². The first-order chi connectivity index (χ1) is 28.7. The zero-order valence-electron chi connectivity index (χ0n) is 33.0. The van der Waals surface area contributed by atoms with E-state index in [1.807, 2.05) is 11.8 Å². The van der Waals surface area contributed by atoms with Gasteiger partial charge in [0, 0.05) is 62.9 Å². The van der Waals surface area contributed by atoms with E-state index >= 15 is 0 Å². The molecule has 0 bridgehead atoms. The summed E-state index contributed by atoms with van der Waals surface area (Å²) in [5.41, 5.74) is 0. The minimum atomic E-state index is -5.76. The van der Waals surface area contributed by atoms with Crippen LogP contribution < -0.4 is 31.9 Å². The number of imide groups is 1. The molecule has 0 aromatic rings. The van der Waals surface area contributed by atoms with Crippen LogP contribution in [-0.4, -0.2) is 140 Å². The van der Waals surface area contributed by atoms with E-state index in [1.165, 1.54) is 12.2 Å². The Labute approximate surface area is 355 Å². The zero-order valence-corrected chi connectivity index (χ0v) is 36.5. The van der Waals surface area contributed by atoms with E-state index in [9.17, 15) is 57.4 Å². The summed E-state index contributed by atoms with van der Waals surface area (Å²) in [5.74, 6) is -1.02. The number of nitrogens with zero attached hydrogens (tertiary/aromatic N) is 1. The number of unbranched alkanes of at least 4 members (excludes halogenated alkanes) is 3. The molecule has 4 aliphatic heterocycles. The van der Waals surface area contributed by atoms with Crippen molar-refractivity contribution in [2.45, 2.75) is 106 Å². The van der Waals surface area contributed by atoms with Gasteiger partial charge in [0.15, 0.2) is 0 Å². The van der Waals surface area contributed by atoms with E-state index < -0.39 is 66.4 Å². The maximum atomic E-state index is 12.6. The summed E-state index contributed by atoms with van der Waals surface area (Å²) < 4.78 is 51.6. The number of thioether (sulfide) groups is 1. The maximum Gasteiger partial charge on any atom is 0.490 e. The molecule has 8 amide bonds. The Kier molecular flexibility index (Phi) is 19.6. The van der Waals surface area contributed by atoms with Gasteiger partial charge in [-0.3, -0.25) is 33.9 Å². The van der Waals surface area contributed by atoms with Gasteiger partial charge in [-0.2, -0.15) is 20.4 Å². The lowest BCUT2D eigenvalue weighted by atomic mass is 10.0. The first-order valence-corrected chi connectivity index (χ1v) is 25.2. The molecule has 0 spiro atoms. The summed E-state index contributed by atoms with van der Waals surface area (Å²) in [6.07, 6.45) is 4.78. The lowest BCUT2D eigenvalue weighted by molar-refractivity contribution is -0.127. The number of hydrogen-bond acceptors (Lipinski definition) is 15. The number of fused-ring (bicyclic) bond motifs is 1. The summed E-state index contributed by atoms with van der Waals surface area (Å²) in [4.78, 5) is 110. The van der Waals surface area contributed by atoms with Gasteiger partial charge in [0.1, 0.15) is 12.3 Å². The highest BCUT2D eigenvalue weighted by molar-refractivity contribution is 8.00. The van der Waals surface area contributed by atoms with Crippen LogP contribution in [0.4, 0.5) is 9.59 Å². The van der Waals surface area contributed by atoms with Crippen LogP contribution in [0.2, 0.25) is 0 Å². The molecule has 346 valence electrons. The van der Waals surface area contributed by atoms with Crippen LogP contribution in [0.15, 0.2) is 12.2 Å². The average Bonchev–Trinajstić information content (AvgIpc) is 3.83. The number of amides is 8. The topological polar surface area (TPSA) is 367 Å². The van der Waals surface area contributed by atoms with E-state index in [0.717, 1.165) is 29.9 Å². The molecule has 11 N–H and O–H groups in total. The number of hydrogen-bond donors (Lipinski definition) is 11. The highest BCUT2D eigenvalue weighted by Gasteiger charge is 2.46. The third-order valence-electron chi connectivity index (χ3n) is 9.76. The van der Waals surface area contributed by atoms with Gasteiger partial charge in [-0.15, -0.1) is 0 Å². The van der Waals surface area contributed by atoms with Crippen LogP contribution >= 0.6 is 35.2 Å². The standard InChI is InChI=1S/C32H54N7O18P3S/c40-22-16-28(55-23(22)18-54-59(50,51)57-60(52,53)56-58(47,48)49)39-17-20(30(44)38-32(39)46)8-6-14-34-25(41)10-2-1-5-13-33-27(43)12-7-15-35-26(42)11-4-3-9-24-29-21(19-61-24)36-31(45)37-29/h6,8,20-24,28-29,40H,1-5,7,9-19H2,(H,33,43)(H,34,41)(H,35,42)(H,50,51)(H,52,53)(H2,36,37,45)(H,38,44,46)(H2,47,48,49)/b8-6+/t20?,21-,22-,23+,24-,28+,29-/m0/s1. The minimum absolute atomic E-state index is 0.0465. The van der Waals surface area contributed by atoms with Gasteiger partial charge in [-0.1, -0.05) is 25.0 Å². The molecule has 0 saturated carbocycles. The van der Waals surface area contributed by atoms with Gasteiger partial charge in [0.05, 0.1) is 30.7 Å². The van der Waals surface area contributed by atoms with Crippen LogP contribution in [-0.2, 0) is 50.8 Å². The number of aliphatic hydroxyl groups excluding tert-OH is 1. The Hall–Kier alpha value is -2.96. The minimum Gasteiger partial charge on any atom is -0.390 e.